The minimum absolute atomic E-state index is 0.0362. The first kappa shape index (κ1) is 13.3. The minimum atomic E-state index is -0.228. The maximum absolute atomic E-state index is 13.3. The van der Waals surface area contributed by atoms with E-state index in [9.17, 15) is 9.18 Å². The first-order valence-corrected chi connectivity index (χ1v) is 6.23. The van der Waals surface area contributed by atoms with E-state index in [4.69, 9.17) is 0 Å². The van der Waals surface area contributed by atoms with Crippen LogP contribution in [0.1, 0.15) is 17.7 Å². The maximum Gasteiger partial charge on any atom is 0.220 e. The van der Waals surface area contributed by atoms with Crippen LogP contribution in [-0.4, -0.2) is 22.4 Å². The van der Waals surface area contributed by atoms with Crippen LogP contribution in [0.2, 0.25) is 0 Å². The van der Waals surface area contributed by atoms with Gasteiger partial charge in [0.1, 0.15) is 5.82 Å². The number of nitrogens with zero attached hydrogens (tertiary/aromatic N) is 1. The zero-order valence-electron chi connectivity index (χ0n) is 10.5. The molecule has 19 heavy (non-hydrogen) atoms. The van der Waals surface area contributed by atoms with Crippen molar-refractivity contribution in [1.82, 2.24) is 15.3 Å². The summed E-state index contributed by atoms with van der Waals surface area (Å²) in [6.07, 6.45) is 4.82. The highest BCUT2D eigenvalue weighted by molar-refractivity contribution is 5.76. The monoisotopic (exact) mass is 261 g/mol. The molecule has 0 saturated carbocycles. The van der Waals surface area contributed by atoms with Gasteiger partial charge in [-0.25, -0.2) is 9.37 Å². The Balaban J connectivity index is 1.68. The maximum atomic E-state index is 13.3. The number of halogens is 1. The first-order valence-electron chi connectivity index (χ1n) is 6.23. The van der Waals surface area contributed by atoms with Crippen LogP contribution in [0.5, 0.6) is 0 Å². The zero-order valence-corrected chi connectivity index (χ0v) is 10.5. The number of imidazole rings is 1. The molecule has 0 aliphatic heterocycles. The highest BCUT2D eigenvalue weighted by Crippen LogP contribution is 2.06. The molecule has 0 bridgehead atoms. The Morgan fingerprint density at radius 3 is 2.89 bits per heavy atom. The van der Waals surface area contributed by atoms with Crippen LogP contribution in [0.3, 0.4) is 0 Å². The van der Waals surface area contributed by atoms with E-state index in [1.54, 1.807) is 30.7 Å². The fraction of sp³-hybridized carbons (Fsp3) is 0.286. The molecule has 1 heterocycles. The Morgan fingerprint density at radius 2 is 2.16 bits per heavy atom. The summed E-state index contributed by atoms with van der Waals surface area (Å²) >= 11 is 0. The van der Waals surface area contributed by atoms with Crippen molar-refractivity contribution in [2.24, 2.45) is 0 Å². The van der Waals surface area contributed by atoms with Crippen LogP contribution >= 0.6 is 0 Å². The molecule has 0 spiro atoms. The summed E-state index contributed by atoms with van der Waals surface area (Å²) in [7, 11) is 0. The Hall–Kier alpha value is -2.17. The molecular formula is C14H16FN3O. The molecule has 0 atom stereocenters. The van der Waals surface area contributed by atoms with Gasteiger partial charge in [0.25, 0.3) is 0 Å². The van der Waals surface area contributed by atoms with Crippen LogP contribution in [-0.2, 0) is 17.6 Å². The summed E-state index contributed by atoms with van der Waals surface area (Å²) in [6, 6.07) is 6.60. The Kier molecular flexibility index (Phi) is 4.66. The molecule has 5 heteroatoms. The third kappa shape index (κ3) is 4.21. The number of amides is 1. The lowest BCUT2D eigenvalue weighted by Crippen LogP contribution is -2.26. The van der Waals surface area contributed by atoms with Crippen LogP contribution in [0, 0.1) is 5.82 Å². The van der Waals surface area contributed by atoms with Gasteiger partial charge in [-0.15, -0.1) is 0 Å². The van der Waals surface area contributed by atoms with Gasteiger partial charge < -0.3 is 10.3 Å². The number of nitrogens with one attached hydrogen (secondary N) is 2. The first-order chi connectivity index (χ1) is 9.25. The number of aryl methyl sites for hydroxylation is 1. The van der Waals surface area contributed by atoms with Crippen molar-refractivity contribution in [1.29, 1.82) is 0 Å². The third-order valence-corrected chi connectivity index (χ3v) is 2.85. The molecule has 4 nitrogen and oxygen atoms in total. The highest BCUT2D eigenvalue weighted by Gasteiger charge is 2.04. The molecule has 1 amide bonds. The summed E-state index contributed by atoms with van der Waals surface area (Å²) in [5, 5.41) is 2.78. The normalized spacial score (nSPS) is 10.4. The Morgan fingerprint density at radius 1 is 1.32 bits per heavy atom. The van der Waals surface area contributed by atoms with E-state index >= 15 is 0 Å². The number of hydrogen-bond donors (Lipinski definition) is 2. The lowest BCUT2D eigenvalue weighted by molar-refractivity contribution is -0.121. The molecule has 2 rings (SSSR count). The average molecular weight is 261 g/mol. The SMILES string of the molecule is O=C(CCc1cnc[nH]1)NCCc1ccccc1F. The molecule has 0 aliphatic rings. The van der Waals surface area contributed by atoms with Gasteiger partial charge in [0.15, 0.2) is 0 Å². The predicted octanol–water partition coefficient (Wildman–Crippen LogP) is 1.84. The van der Waals surface area contributed by atoms with Crippen molar-refractivity contribution in [2.45, 2.75) is 19.3 Å². The van der Waals surface area contributed by atoms with Crippen LogP contribution in [0.15, 0.2) is 36.8 Å². The summed E-state index contributed by atoms with van der Waals surface area (Å²) in [5.41, 5.74) is 1.56. The second-order valence-electron chi connectivity index (χ2n) is 4.27. The Labute approximate surface area is 111 Å². The molecule has 0 saturated heterocycles. The second kappa shape index (κ2) is 6.68. The van der Waals surface area contributed by atoms with Gasteiger partial charge in [0.05, 0.1) is 6.33 Å². The number of H-pyrrole nitrogens is 1. The van der Waals surface area contributed by atoms with Gasteiger partial charge in [-0.3, -0.25) is 4.79 Å². The largest absolute Gasteiger partial charge is 0.356 e. The fourth-order valence-electron chi connectivity index (χ4n) is 1.80. The zero-order chi connectivity index (χ0) is 13.5. The third-order valence-electron chi connectivity index (χ3n) is 2.85. The van der Waals surface area contributed by atoms with E-state index < -0.39 is 0 Å². The van der Waals surface area contributed by atoms with Crippen molar-refractivity contribution in [3.8, 4) is 0 Å². The Bertz CT molecular complexity index is 525. The van der Waals surface area contributed by atoms with Crippen molar-refractivity contribution in [3.63, 3.8) is 0 Å². The van der Waals surface area contributed by atoms with Gasteiger partial charge in [0, 0.05) is 24.9 Å². The molecule has 0 radical (unpaired) electrons. The predicted molar refractivity (Wildman–Crippen MR) is 70.0 cm³/mol. The van der Waals surface area contributed by atoms with Crippen LogP contribution in [0.25, 0.3) is 0 Å². The van der Waals surface area contributed by atoms with Crippen molar-refractivity contribution < 1.29 is 9.18 Å². The van der Waals surface area contributed by atoms with E-state index in [0.717, 1.165) is 5.69 Å². The summed E-state index contributed by atoms with van der Waals surface area (Å²) in [6.45, 7) is 0.447. The van der Waals surface area contributed by atoms with E-state index in [2.05, 4.69) is 15.3 Å². The summed E-state index contributed by atoms with van der Waals surface area (Å²) in [5.74, 6) is -0.264. The molecule has 2 N–H and O–H groups in total. The number of aromatic amines is 1. The molecule has 1 aromatic carbocycles. The number of carbonyl (C=O) groups is 1. The molecule has 0 aliphatic carbocycles. The molecule has 2 aromatic rings. The number of carbonyl (C=O) groups excluding carboxylic acids is 1. The second-order valence-corrected chi connectivity index (χ2v) is 4.27. The number of benzene rings is 1. The van der Waals surface area contributed by atoms with Crippen LogP contribution in [0.4, 0.5) is 4.39 Å². The highest BCUT2D eigenvalue weighted by atomic mass is 19.1. The number of hydrogen-bond acceptors (Lipinski definition) is 2. The van der Waals surface area contributed by atoms with Gasteiger partial charge >= 0.3 is 0 Å². The molecule has 100 valence electrons. The topological polar surface area (TPSA) is 57.8 Å². The standard InChI is InChI=1S/C14H16FN3O/c15-13-4-2-1-3-11(13)7-8-17-14(19)6-5-12-9-16-10-18-12/h1-4,9-10H,5-8H2,(H,16,18)(H,17,19). The van der Waals surface area contributed by atoms with Crippen molar-refractivity contribution >= 4 is 5.91 Å². The lowest BCUT2D eigenvalue weighted by atomic mass is 10.1. The van der Waals surface area contributed by atoms with Gasteiger partial charge in [0.2, 0.25) is 5.91 Å². The smallest absolute Gasteiger partial charge is 0.220 e. The molecule has 1 aromatic heterocycles. The fourth-order valence-corrected chi connectivity index (χ4v) is 1.80. The number of aromatic nitrogens is 2. The van der Waals surface area contributed by atoms with E-state index in [-0.39, 0.29) is 11.7 Å². The van der Waals surface area contributed by atoms with E-state index in [0.29, 0.717) is 31.4 Å². The molecule has 0 unspecified atom stereocenters. The summed E-state index contributed by atoms with van der Waals surface area (Å²) < 4.78 is 13.3. The van der Waals surface area contributed by atoms with Gasteiger partial charge in [-0.05, 0) is 24.5 Å². The lowest BCUT2D eigenvalue weighted by Gasteiger charge is -2.05. The quantitative estimate of drug-likeness (QED) is 0.833. The number of rotatable bonds is 6. The average Bonchev–Trinajstić information content (AvgIpc) is 2.92. The van der Waals surface area contributed by atoms with Gasteiger partial charge in [-0.2, -0.15) is 0 Å². The van der Waals surface area contributed by atoms with E-state index in [1.165, 1.54) is 6.07 Å². The molecular weight excluding hydrogens is 245 g/mol. The van der Waals surface area contributed by atoms with E-state index in [1.807, 2.05) is 0 Å². The van der Waals surface area contributed by atoms with Crippen LogP contribution < -0.4 is 5.32 Å². The van der Waals surface area contributed by atoms with Crippen molar-refractivity contribution in [2.75, 3.05) is 6.54 Å². The summed E-state index contributed by atoms with van der Waals surface area (Å²) in [4.78, 5) is 18.4. The molecule has 0 fully saturated rings. The van der Waals surface area contributed by atoms with Gasteiger partial charge in [-0.1, -0.05) is 18.2 Å². The minimum Gasteiger partial charge on any atom is -0.356 e. The van der Waals surface area contributed by atoms with Crippen molar-refractivity contribution in [3.05, 3.63) is 53.9 Å².